The average Bonchev–Trinajstić information content (AvgIpc) is 4.13. The molecule has 3 aromatic heterocycles. The van der Waals surface area contributed by atoms with Gasteiger partial charge in [0.25, 0.3) is 0 Å². The summed E-state index contributed by atoms with van der Waals surface area (Å²) in [5.41, 5.74) is -2.99. The van der Waals surface area contributed by atoms with Crippen molar-refractivity contribution in [2.45, 2.75) is 19.6 Å². The normalized spacial score (nSPS) is 13.1. The molecule has 40 heteroatoms. The first-order valence-electron chi connectivity index (χ1n) is 20.4. The van der Waals surface area contributed by atoms with Crippen LogP contribution < -0.4 is 128 Å². The van der Waals surface area contributed by atoms with E-state index in [0.717, 1.165) is 48.5 Å². The summed E-state index contributed by atoms with van der Waals surface area (Å²) in [5.74, 6) is 0. The maximum Gasteiger partial charge on any atom is 3.00 e. The number of halogens is 14. The topological polar surface area (TPSA) is 283 Å². The van der Waals surface area contributed by atoms with Crippen molar-refractivity contribution >= 4 is 187 Å². The van der Waals surface area contributed by atoms with E-state index >= 15 is 0 Å². The standard InChI is InChI=1S/C44H20Cl8N4O12S4.F6P.Fe.4Na/c45-17-1-13-29(69(57,58)59)41(49)33(17)37-21-5-7-23(53-21)38(34-18(46)2-14-30(42(34)50)70(60,61)62)25-9-11-27(55-25)40(36-20(48)4-16-32(44(36)52)72(66,67)68)28-12-10-26(56-28)39(24-8-6-22(37)54-24)35-19(47)3-15-31(43(35)51)71(63,64)65;1-7(2,3,4,5)6;;;;;/h1-16H,(H,57,58,59)(H,60,61,62)(H,63,64,65)(H,66,67,68);;;;;;/q-2;-1;+3;4*+1/p-4. The van der Waals surface area contributed by atoms with Crippen LogP contribution in [0.5, 0.6) is 0 Å². The molecule has 0 saturated carbocycles. The van der Waals surface area contributed by atoms with E-state index in [0.29, 0.717) is 0 Å². The third-order valence-corrected chi connectivity index (χ3v) is 17.7. The monoisotopic (exact) mass is 1490 g/mol. The molecule has 0 amide bonds. The average molecular weight is 1500 g/mol. The molecule has 0 N–H and O–H groups in total. The largest absolute Gasteiger partial charge is 3.00 e. The van der Waals surface area contributed by atoms with E-state index in [9.17, 15) is 77.1 Å². The van der Waals surface area contributed by atoms with Gasteiger partial charge >= 0.3 is 168 Å². The SMILES string of the molecule is F[P-](F)(F)(F)(F)F.O=S(=O)([O-])c1ccc(Cl)c(-c2c3nc(c(-c4c(Cl)ccc(S(=O)(=O)[O-])c4Cl)c4ccc([n-]4)c(-c4c(Cl)ccc(S(=O)(=O)[O-])c4Cl)c4nc(c(-c5c(Cl)ccc(S(=O)(=O)[O-])c5Cl)c5ccc2[n-]5)C=C4)C=C3)c1Cl.[Fe+3].[Na+].[Na+].[Na+].[Na+]. The van der Waals surface area contributed by atoms with Gasteiger partial charge in [-0.3, -0.25) is 0 Å². The predicted molar refractivity (Wildman–Crippen MR) is 284 cm³/mol. The van der Waals surface area contributed by atoms with Gasteiger partial charge in [0.1, 0.15) is 40.5 Å². The predicted octanol–water partition coefficient (Wildman–Crippen LogP) is 2.82. The van der Waals surface area contributed by atoms with Gasteiger partial charge in [0.15, 0.2) is 0 Å². The van der Waals surface area contributed by atoms with Crippen LogP contribution in [-0.4, -0.2) is 61.9 Å². The van der Waals surface area contributed by atoms with Crippen LogP contribution in [0, 0.1) is 0 Å². The molecule has 9 rings (SSSR count). The van der Waals surface area contributed by atoms with E-state index < -0.39 is 88.0 Å². The number of hydrogen-bond acceptors (Lipinski definition) is 14. The number of aromatic nitrogens is 4. The molecule has 0 aliphatic carbocycles. The third kappa shape index (κ3) is 17.4. The molecule has 16 nitrogen and oxygen atoms in total. The van der Waals surface area contributed by atoms with Crippen molar-refractivity contribution < 1.29 is 212 Å². The van der Waals surface area contributed by atoms with Crippen LogP contribution in [0.3, 0.4) is 0 Å². The molecular weight excluding hydrogens is 1480 g/mol. The fourth-order valence-corrected chi connectivity index (χ4v) is 13.5. The van der Waals surface area contributed by atoms with Gasteiger partial charge in [-0.25, -0.2) is 43.6 Å². The van der Waals surface area contributed by atoms with Crippen molar-refractivity contribution in [2.24, 2.45) is 0 Å². The van der Waals surface area contributed by atoms with Gasteiger partial charge in [0.2, 0.25) is 0 Å². The van der Waals surface area contributed by atoms with E-state index in [1.165, 1.54) is 48.6 Å². The Morgan fingerprint density at radius 2 is 0.500 bits per heavy atom. The fourth-order valence-electron chi connectivity index (χ4n) is 7.93. The second kappa shape index (κ2) is 27.3. The zero-order valence-electron chi connectivity index (χ0n) is 41.7. The Balaban J connectivity index is 0.00000145. The summed E-state index contributed by atoms with van der Waals surface area (Å²) in [7, 11) is -31.9. The third-order valence-electron chi connectivity index (χ3n) is 10.9. The molecule has 84 heavy (non-hydrogen) atoms. The van der Waals surface area contributed by atoms with Crippen LogP contribution in [0.2, 0.25) is 40.2 Å². The maximum atomic E-state index is 12.6. The summed E-state index contributed by atoms with van der Waals surface area (Å²) in [5, 5.41) is -3.67. The van der Waals surface area contributed by atoms with E-state index in [-0.39, 0.29) is 245 Å². The molecular formula is C44H16Cl8F6FeN4Na4O12PS4. The minimum absolute atomic E-state index is 0. The smallest absolute Gasteiger partial charge is 0.744 e. The van der Waals surface area contributed by atoms with Crippen LogP contribution >= 0.6 is 101 Å². The molecule has 5 heterocycles. The van der Waals surface area contributed by atoms with Crippen molar-refractivity contribution in [2.75, 3.05) is 0 Å². The van der Waals surface area contributed by atoms with Gasteiger partial charge in [-0.2, -0.15) is 0 Å². The summed E-state index contributed by atoms with van der Waals surface area (Å²) in [4.78, 5) is 15.6. The van der Waals surface area contributed by atoms with Crippen molar-refractivity contribution in [1.82, 2.24) is 19.9 Å². The number of benzene rings is 4. The molecule has 0 fully saturated rings. The van der Waals surface area contributed by atoms with Crippen molar-refractivity contribution in [3.8, 4) is 44.5 Å². The van der Waals surface area contributed by atoms with Gasteiger partial charge in [-0.1, -0.05) is 117 Å². The Bertz CT molecular complexity index is 4090. The summed E-state index contributed by atoms with van der Waals surface area (Å²) >= 11 is 54.1. The number of nitrogens with zero attached hydrogens (tertiary/aromatic N) is 4. The number of fused-ring (bicyclic) bond motifs is 8. The van der Waals surface area contributed by atoms with Gasteiger partial charge in [-0.15, -0.1) is 22.1 Å². The first-order chi connectivity index (χ1) is 36.0. The molecule has 2 aliphatic rings. The fraction of sp³-hybridized carbons (Fsp3) is 0. The zero-order valence-corrected chi connectivity index (χ0v) is 61.0. The summed E-state index contributed by atoms with van der Waals surface area (Å²) in [6.07, 6.45) is 5.39. The Labute approximate surface area is 610 Å². The molecule has 0 atom stereocenters. The van der Waals surface area contributed by atoms with Crippen LogP contribution in [0.4, 0.5) is 25.2 Å². The Morgan fingerprint density at radius 1 is 0.333 bits per heavy atom. The molecule has 4 aromatic carbocycles. The van der Waals surface area contributed by atoms with E-state index in [1.54, 1.807) is 0 Å². The molecule has 8 bridgehead atoms. The molecule has 0 saturated heterocycles. The van der Waals surface area contributed by atoms with Crippen molar-refractivity contribution in [1.29, 1.82) is 0 Å². The van der Waals surface area contributed by atoms with Gasteiger partial charge < -0.3 is 28.2 Å². The maximum absolute atomic E-state index is 12.6. The molecule has 423 valence electrons. The van der Waals surface area contributed by atoms with Crippen molar-refractivity contribution in [3.05, 3.63) is 136 Å². The Morgan fingerprint density at radius 3 is 0.655 bits per heavy atom. The van der Waals surface area contributed by atoms with Crippen molar-refractivity contribution in [3.63, 3.8) is 0 Å². The summed E-state index contributed by atoms with van der Waals surface area (Å²) in [6.45, 7) is 0. The minimum Gasteiger partial charge on any atom is -0.744 e. The van der Waals surface area contributed by atoms with Crippen LogP contribution in [-0.2, 0) is 57.5 Å². The summed E-state index contributed by atoms with van der Waals surface area (Å²) < 4.78 is 210. The first-order valence-corrected chi connectivity index (χ1v) is 31.1. The zero-order chi connectivity index (χ0) is 58.7. The van der Waals surface area contributed by atoms with Gasteiger partial charge in [0.05, 0.1) is 82.5 Å². The van der Waals surface area contributed by atoms with Gasteiger partial charge in [-0.05, 0) is 95.1 Å². The quantitative estimate of drug-likeness (QED) is 0.0915. The Hall–Kier alpha value is -0.0305. The molecule has 2 aliphatic heterocycles. The number of hydrogen-bond donors (Lipinski definition) is 0. The second-order valence-electron chi connectivity index (χ2n) is 16.1. The molecule has 1 radical (unpaired) electrons. The Kier molecular flexibility index (Phi) is 25.4. The van der Waals surface area contributed by atoms with Crippen LogP contribution in [0.1, 0.15) is 22.8 Å². The van der Waals surface area contributed by atoms with E-state index in [1.807, 2.05) is 0 Å². The van der Waals surface area contributed by atoms with E-state index in [4.69, 9.17) is 113 Å². The second-order valence-corrected chi connectivity index (χ2v) is 26.5. The van der Waals surface area contributed by atoms with Crippen LogP contribution in [0.15, 0.2) is 92.4 Å². The molecule has 0 unspecified atom stereocenters. The molecule has 7 aromatic rings. The number of rotatable bonds is 8. The van der Waals surface area contributed by atoms with Crippen LogP contribution in [0.25, 0.3) is 90.9 Å². The minimum atomic E-state index is -10.7. The first kappa shape index (κ1) is 78.2. The van der Waals surface area contributed by atoms with E-state index in [2.05, 4.69) is 0 Å². The molecule has 0 spiro atoms. The van der Waals surface area contributed by atoms with Gasteiger partial charge in [0, 0.05) is 22.3 Å². The summed E-state index contributed by atoms with van der Waals surface area (Å²) in [6, 6.07) is 13.2.